The Kier molecular flexibility index (Phi) is 5.63. The fourth-order valence-electron chi connectivity index (χ4n) is 2.05. The second kappa shape index (κ2) is 7.69. The number of aromatic nitrogens is 2. The number of nitrogens with zero attached hydrogens (tertiary/aromatic N) is 2. The van der Waals surface area contributed by atoms with Gasteiger partial charge in [-0.3, -0.25) is 4.68 Å². The van der Waals surface area contributed by atoms with Gasteiger partial charge in [-0.2, -0.15) is 5.10 Å². The van der Waals surface area contributed by atoms with Gasteiger partial charge in [-0.1, -0.05) is 13.0 Å². The third-order valence-electron chi connectivity index (χ3n) is 3.08. The van der Waals surface area contributed by atoms with E-state index in [4.69, 9.17) is 15.2 Å². The Morgan fingerprint density at radius 2 is 2.14 bits per heavy atom. The first kappa shape index (κ1) is 15.4. The summed E-state index contributed by atoms with van der Waals surface area (Å²) in [5, 5.41) is 4.14. The Morgan fingerprint density at radius 1 is 1.29 bits per heavy atom. The molecule has 0 radical (unpaired) electrons. The van der Waals surface area contributed by atoms with E-state index in [0.29, 0.717) is 19.8 Å². The predicted molar refractivity (Wildman–Crippen MR) is 82.5 cm³/mol. The van der Waals surface area contributed by atoms with Gasteiger partial charge in [0.2, 0.25) is 0 Å². The van der Waals surface area contributed by atoms with Gasteiger partial charge in [0.1, 0.15) is 18.1 Å². The van der Waals surface area contributed by atoms with Gasteiger partial charge in [-0.25, -0.2) is 0 Å². The number of rotatable bonds is 8. The molecular formula is C16H23N3O2. The van der Waals surface area contributed by atoms with Crippen LogP contribution in [0.2, 0.25) is 0 Å². The Labute approximate surface area is 125 Å². The molecule has 1 aromatic carbocycles. The van der Waals surface area contributed by atoms with E-state index in [-0.39, 0.29) is 0 Å². The van der Waals surface area contributed by atoms with Gasteiger partial charge in [-0.15, -0.1) is 0 Å². The van der Waals surface area contributed by atoms with Crippen molar-refractivity contribution >= 4 is 0 Å². The molecule has 0 unspecified atom stereocenters. The second-order valence-corrected chi connectivity index (χ2v) is 4.97. The zero-order chi connectivity index (χ0) is 15.1. The van der Waals surface area contributed by atoms with Crippen molar-refractivity contribution in [2.75, 3.05) is 13.2 Å². The lowest BCUT2D eigenvalue weighted by Crippen LogP contribution is -2.06. The van der Waals surface area contributed by atoms with Crippen LogP contribution in [0.4, 0.5) is 0 Å². The average molecular weight is 289 g/mol. The molecule has 0 aliphatic rings. The summed E-state index contributed by atoms with van der Waals surface area (Å²) in [6, 6.07) is 5.94. The van der Waals surface area contributed by atoms with Crippen LogP contribution >= 0.6 is 0 Å². The van der Waals surface area contributed by atoms with E-state index < -0.39 is 0 Å². The van der Waals surface area contributed by atoms with Crippen molar-refractivity contribution in [2.45, 2.75) is 26.4 Å². The molecule has 114 valence electrons. The standard InChI is InChI=1S/C16H23N3O2/c1-3-8-20-15-5-4-14(6-7-17)16(9-15)21-12-13-10-18-19(2)11-13/h4-5,9-11H,3,6-8,12,17H2,1-2H3. The van der Waals surface area contributed by atoms with Gasteiger partial charge in [0.25, 0.3) is 0 Å². The van der Waals surface area contributed by atoms with Gasteiger partial charge in [0, 0.05) is 24.9 Å². The van der Waals surface area contributed by atoms with Gasteiger partial charge in [0.15, 0.2) is 0 Å². The lowest BCUT2D eigenvalue weighted by molar-refractivity contribution is 0.292. The van der Waals surface area contributed by atoms with Crippen LogP contribution in [0, 0.1) is 0 Å². The summed E-state index contributed by atoms with van der Waals surface area (Å²) in [6.45, 7) is 3.88. The highest BCUT2D eigenvalue weighted by Gasteiger charge is 2.07. The predicted octanol–water partition coefficient (Wildman–Crippen LogP) is 2.29. The van der Waals surface area contributed by atoms with Crippen LogP contribution in [0.1, 0.15) is 24.5 Å². The summed E-state index contributed by atoms with van der Waals surface area (Å²) in [5.41, 5.74) is 7.80. The van der Waals surface area contributed by atoms with Gasteiger partial charge in [-0.05, 0) is 31.0 Å². The molecule has 0 saturated carbocycles. The maximum absolute atomic E-state index is 5.92. The molecule has 0 aliphatic carbocycles. The Bertz CT molecular complexity index is 566. The van der Waals surface area contributed by atoms with E-state index in [1.807, 2.05) is 31.4 Å². The molecule has 0 atom stereocenters. The molecule has 21 heavy (non-hydrogen) atoms. The summed E-state index contributed by atoms with van der Waals surface area (Å²) < 4.78 is 13.3. The molecule has 1 heterocycles. The first-order chi connectivity index (χ1) is 10.2. The van der Waals surface area contributed by atoms with Crippen LogP contribution in [-0.2, 0) is 20.1 Å². The van der Waals surface area contributed by atoms with Crippen molar-refractivity contribution in [1.29, 1.82) is 0 Å². The van der Waals surface area contributed by atoms with Crippen LogP contribution in [0.5, 0.6) is 11.5 Å². The van der Waals surface area contributed by atoms with Crippen LogP contribution in [0.3, 0.4) is 0 Å². The minimum Gasteiger partial charge on any atom is -0.493 e. The average Bonchev–Trinajstić information content (AvgIpc) is 2.90. The van der Waals surface area contributed by atoms with Crippen LogP contribution < -0.4 is 15.2 Å². The zero-order valence-corrected chi connectivity index (χ0v) is 12.7. The molecule has 2 rings (SSSR count). The lowest BCUT2D eigenvalue weighted by Gasteiger charge is -2.13. The molecule has 2 aromatic rings. The van der Waals surface area contributed by atoms with Crippen molar-refractivity contribution < 1.29 is 9.47 Å². The number of benzene rings is 1. The highest BCUT2D eigenvalue weighted by atomic mass is 16.5. The summed E-state index contributed by atoms with van der Waals surface area (Å²) in [6.07, 6.45) is 5.52. The normalized spacial score (nSPS) is 10.6. The summed E-state index contributed by atoms with van der Waals surface area (Å²) >= 11 is 0. The maximum Gasteiger partial charge on any atom is 0.126 e. The highest BCUT2D eigenvalue weighted by molar-refractivity contribution is 5.41. The molecule has 0 bridgehead atoms. The lowest BCUT2D eigenvalue weighted by atomic mass is 10.1. The summed E-state index contributed by atoms with van der Waals surface area (Å²) in [4.78, 5) is 0. The molecule has 5 nitrogen and oxygen atoms in total. The molecule has 5 heteroatoms. The maximum atomic E-state index is 5.92. The molecular weight excluding hydrogens is 266 g/mol. The van der Waals surface area contributed by atoms with Crippen LogP contribution in [0.25, 0.3) is 0 Å². The van der Waals surface area contributed by atoms with Gasteiger partial charge < -0.3 is 15.2 Å². The molecule has 0 aliphatic heterocycles. The molecule has 0 saturated heterocycles. The summed E-state index contributed by atoms with van der Waals surface area (Å²) in [7, 11) is 1.89. The van der Waals surface area contributed by atoms with Crippen molar-refractivity contribution in [3.63, 3.8) is 0 Å². The van der Waals surface area contributed by atoms with Crippen molar-refractivity contribution in [3.8, 4) is 11.5 Å². The summed E-state index contributed by atoms with van der Waals surface area (Å²) in [5.74, 6) is 1.66. The Hall–Kier alpha value is -2.01. The highest BCUT2D eigenvalue weighted by Crippen LogP contribution is 2.26. The SMILES string of the molecule is CCCOc1ccc(CCN)c(OCc2cnn(C)c2)c1. The first-order valence-corrected chi connectivity index (χ1v) is 7.29. The van der Waals surface area contributed by atoms with Crippen molar-refractivity contribution in [1.82, 2.24) is 9.78 Å². The number of aryl methyl sites for hydroxylation is 1. The Morgan fingerprint density at radius 3 is 2.81 bits per heavy atom. The van der Waals surface area contributed by atoms with Crippen LogP contribution in [-0.4, -0.2) is 22.9 Å². The van der Waals surface area contributed by atoms with Gasteiger partial charge in [0.05, 0.1) is 12.8 Å². The smallest absolute Gasteiger partial charge is 0.126 e. The zero-order valence-electron chi connectivity index (χ0n) is 12.7. The minimum absolute atomic E-state index is 0.489. The quantitative estimate of drug-likeness (QED) is 0.810. The van der Waals surface area contributed by atoms with E-state index in [9.17, 15) is 0 Å². The first-order valence-electron chi connectivity index (χ1n) is 7.29. The molecule has 0 amide bonds. The minimum atomic E-state index is 0.489. The molecule has 0 fully saturated rings. The number of hydrogen-bond acceptors (Lipinski definition) is 4. The van der Waals surface area contributed by atoms with Crippen LogP contribution in [0.15, 0.2) is 30.6 Å². The third-order valence-corrected chi connectivity index (χ3v) is 3.08. The number of ether oxygens (including phenoxy) is 2. The van der Waals surface area contributed by atoms with Crippen molar-refractivity contribution in [3.05, 3.63) is 41.7 Å². The number of nitrogens with two attached hydrogens (primary N) is 1. The van der Waals surface area contributed by atoms with E-state index in [0.717, 1.165) is 35.5 Å². The third kappa shape index (κ3) is 4.49. The largest absolute Gasteiger partial charge is 0.493 e. The van der Waals surface area contributed by atoms with Crippen molar-refractivity contribution in [2.24, 2.45) is 12.8 Å². The van der Waals surface area contributed by atoms with E-state index in [1.54, 1.807) is 10.9 Å². The molecule has 0 spiro atoms. The molecule has 2 N–H and O–H groups in total. The fourth-order valence-corrected chi connectivity index (χ4v) is 2.05. The van der Waals surface area contributed by atoms with E-state index in [1.165, 1.54) is 0 Å². The van der Waals surface area contributed by atoms with E-state index >= 15 is 0 Å². The van der Waals surface area contributed by atoms with E-state index in [2.05, 4.69) is 12.0 Å². The topological polar surface area (TPSA) is 62.3 Å². The fraction of sp³-hybridized carbons (Fsp3) is 0.438. The number of hydrogen-bond donors (Lipinski definition) is 1. The monoisotopic (exact) mass is 289 g/mol. The van der Waals surface area contributed by atoms with Gasteiger partial charge >= 0.3 is 0 Å². The Balaban J connectivity index is 2.09. The molecule has 1 aromatic heterocycles. The second-order valence-electron chi connectivity index (χ2n) is 4.97.